The summed E-state index contributed by atoms with van der Waals surface area (Å²) in [5.41, 5.74) is 10.1. The third kappa shape index (κ3) is 4.65. The molecule has 0 radical (unpaired) electrons. The zero-order valence-corrected chi connectivity index (χ0v) is 22.3. The molecule has 0 amide bonds. The number of ether oxygens (including phenoxy) is 2. The lowest BCUT2D eigenvalue weighted by atomic mass is 9.88. The molecule has 1 N–H and O–H groups in total. The molecule has 2 atom stereocenters. The van der Waals surface area contributed by atoms with Gasteiger partial charge in [0.15, 0.2) is 0 Å². The summed E-state index contributed by atoms with van der Waals surface area (Å²) >= 11 is 0. The molecule has 0 saturated carbocycles. The van der Waals surface area contributed by atoms with Crippen LogP contribution in [0.2, 0.25) is 0 Å². The molecule has 2 heterocycles. The van der Waals surface area contributed by atoms with Crippen molar-refractivity contribution in [2.45, 2.75) is 52.1 Å². The van der Waals surface area contributed by atoms with E-state index in [9.17, 15) is 4.79 Å². The summed E-state index contributed by atoms with van der Waals surface area (Å²) in [6.07, 6.45) is 2.84. The zero-order valence-electron chi connectivity index (χ0n) is 22.3. The maximum atomic E-state index is 15.3. The second kappa shape index (κ2) is 9.84. The third-order valence-electron chi connectivity index (χ3n) is 7.86. The summed E-state index contributed by atoms with van der Waals surface area (Å²) in [6.45, 7) is 6.60. The zero-order chi connectivity index (χ0) is 27.3. The number of aromatic nitrogens is 1. The van der Waals surface area contributed by atoms with Gasteiger partial charge in [0.2, 0.25) is 0 Å². The number of carboxylic acid groups (broad SMARTS) is 1. The van der Waals surface area contributed by atoms with Crippen molar-refractivity contribution in [3.05, 3.63) is 100.0 Å². The van der Waals surface area contributed by atoms with Crippen LogP contribution in [0.4, 0.5) is 4.39 Å². The number of aliphatic carboxylic acids is 1. The molecule has 2 aliphatic rings. The Hall–Kier alpha value is -4.19. The second-order valence-electron chi connectivity index (χ2n) is 10.6. The summed E-state index contributed by atoms with van der Waals surface area (Å²) in [4.78, 5) is 15.7. The number of nitrogens with zero attached hydrogens (tertiary/aromatic N) is 1. The fourth-order valence-electron chi connectivity index (χ4n) is 6.13. The summed E-state index contributed by atoms with van der Waals surface area (Å²) in [7, 11) is 0. The van der Waals surface area contributed by atoms with Gasteiger partial charge in [-0.05, 0) is 103 Å². The van der Waals surface area contributed by atoms with Crippen LogP contribution in [0.5, 0.6) is 11.5 Å². The average molecular weight is 524 g/mol. The van der Waals surface area contributed by atoms with E-state index in [0.29, 0.717) is 30.1 Å². The van der Waals surface area contributed by atoms with Crippen molar-refractivity contribution >= 4 is 5.97 Å². The van der Waals surface area contributed by atoms with Gasteiger partial charge in [-0.15, -0.1) is 0 Å². The van der Waals surface area contributed by atoms with Gasteiger partial charge in [0.1, 0.15) is 23.4 Å². The van der Waals surface area contributed by atoms with E-state index in [2.05, 4.69) is 44.0 Å². The number of pyridine rings is 1. The molecule has 0 bridgehead atoms. The topological polar surface area (TPSA) is 68.7 Å². The molecule has 1 aliphatic heterocycles. The first-order valence-corrected chi connectivity index (χ1v) is 13.3. The Morgan fingerprint density at radius 3 is 2.62 bits per heavy atom. The number of hydrogen-bond donors (Lipinski definition) is 1. The third-order valence-corrected chi connectivity index (χ3v) is 7.86. The number of carboxylic acids is 1. The number of halogens is 1. The normalized spacial score (nSPS) is 17.4. The SMILES string of the molecule is Cc1ccnc(-c2cc(C)c(-c3ccc(F)c4c3CCC4Oc3ccc4c(c3)OCC4CC(=O)O)c(C)c2)c1. The van der Waals surface area contributed by atoms with E-state index < -0.39 is 12.1 Å². The summed E-state index contributed by atoms with van der Waals surface area (Å²) in [5, 5.41) is 9.16. The monoisotopic (exact) mass is 523 g/mol. The van der Waals surface area contributed by atoms with Gasteiger partial charge >= 0.3 is 5.97 Å². The largest absolute Gasteiger partial charge is 0.492 e. The van der Waals surface area contributed by atoms with E-state index in [1.165, 1.54) is 0 Å². The molecule has 2 unspecified atom stereocenters. The molecule has 4 aromatic rings. The Morgan fingerprint density at radius 1 is 1.08 bits per heavy atom. The lowest BCUT2D eigenvalue weighted by molar-refractivity contribution is -0.137. The fourth-order valence-corrected chi connectivity index (χ4v) is 6.13. The molecular formula is C33H30FNO4. The van der Waals surface area contributed by atoms with Crippen LogP contribution in [0.1, 0.15) is 58.2 Å². The molecule has 0 spiro atoms. The summed E-state index contributed by atoms with van der Waals surface area (Å²) in [5.74, 6) is -0.0441. The predicted molar refractivity (Wildman–Crippen MR) is 148 cm³/mol. The van der Waals surface area contributed by atoms with Crippen molar-refractivity contribution in [3.8, 4) is 33.9 Å². The molecule has 0 fully saturated rings. The van der Waals surface area contributed by atoms with Crippen LogP contribution >= 0.6 is 0 Å². The van der Waals surface area contributed by atoms with Gasteiger partial charge in [0.05, 0.1) is 18.7 Å². The van der Waals surface area contributed by atoms with E-state index in [0.717, 1.165) is 56.6 Å². The highest BCUT2D eigenvalue weighted by molar-refractivity contribution is 5.79. The first-order valence-electron chi connectivity index (χ1n) is 13.3. The Morgan fingerprint density at radius 2 is 1.87 bits per heavy atom. The quantitative estimate of drug-likeness (QED) is 0.283. The van der Waals surface area contributed by atoms with Gasteiger partial charge < -0.3 is 14.6 Å². The lowest BCUT2D eigenvalue weighted by Gasteiger charge is -2.19. The van der Waals surface area contributed by atoms with E-state index in [1.807, 2.05) is 30.5 Å². The first-order chi connectivity index (χ1) is 18.8. The maximum absolute atomic E-state index is 15.3. The van der Waals surface area contributed by atoms with Crippen molar-refractivity contribution in [2.75, 3.05) is 6.61 Å². The minimum Gasteiger partial charge on any atom is -0.492 e. The molecular weight excluding hydrogens is 493 g/mol. The van der Waals surface area contributed by atoms with Crippen molar-refractivity contribution in [3.63, 3.8) is 0 Å². The molecule has 39 heavy (non-hydrogen) atoms. The highest BCUT2D eigenvalue weighted by Gasteiger charge is 2.32. The Labute approximate surface area is 227 Å². The molecule has 5 nitrogen and oxygen atoms in total. The van der Waals surface area contributed by atoms with Crippen molar-refractivity contribution in [2.24, 2.45) is 0 Å². The Balaban J connectivity index is 1.31. The van der Waals surface area contributed by atoms with E-state index in [4.69, 9.17) is 14.6 Å². The second-order valence-corrected chi connectivity index (χ2v) is 10.6. The average Bonchev–Trinajstić information content (AvgIpc) is 3.49. The van der Waals surface area contributed by atoms with Gasteiger partial charge in [-0.2, -0.15) is 0 Å². The van der Waals surface area contributed by atoms with Crippen molar-refractivity contribution < 1.29 is 23.8 Å². The van der Waals surface area contributed by atoms with Crippen LogP contribution < -0.4 is 9.47 Å². The first kappa shape index (κ1) is 25.1. The van der Waals surface area contributed by atoms with E-state index in [-0.39, 0.29) is 18.2 Å². The number of benzene rings is 3. The van der Waals surface area contributed by atoms with Crippen molar-refractivity contribution in [1.82, 2.24) is 4.98 Å². The number of aryl methyl sites for hydroxylation is 3. The molecule has 0 saturated heterocycles. The number of hydrogen-bond acceptors (Lipinski definition) is 4. The highest BCUT2D eigenvalue weighted by atomic mass is 19.1. The van der Waals surface area contributed by atoms with Crippen LogP contribution in [0.15, 0.2) is 60.8 Å². The number of carbonyl (C=O) groups is 1. The van der Waals surface area contributed by atoms with Crippen LogP contribution in [-0.2, 0) is 11.2 Å². The predicted octanol–water partition coefficient (Wildman–Crippen LogP) is 7.50. The van der Waals surface area contributed by atoms with Gasteiger partial charge in [-0.3, -0.25) is 9.78 Å². The number of rotatable bonds is 6. The van der Waals surface area contributed by atoms with Crippen LogP contribution in [0, 0.1) is 26.6 Å². The summed E-state index contributed by atoms with van der Waals surface area (Å²) in [6, 6.07) is 17.3. The Bertz CT molecular complexity index is 1590. The molecule has 1 aliphatic carbocycles. The van der Waals surface area contributed by atoms with Gasteiger partial charge in [-0.25, -0.2) is 4.39 Å². The minimum atomic E-state index is -0.849. The van der Waals surface area contributed by atoms with Crippen molar-refractivity contribution in [1.29, 1.82) is 0 Å². The molecule has 1 aromatic heterocycles. The van der Waals surface area contributed by atoms with E-state index in [1.54, 1.807) is 12.1 Å². The fraction of sp³-hybridized carbons (Fsp3) is 0.273. The van der Waals surface area contributed by atoms with Crippen LogP contribution in [-0.4, -0.2) is 22.7 Å². The maximum Gasteiger partial charge on any atom is 0.304 e. The molecule has 6 heteroatoms. The molecule has 6 rings (SSSR count). The number of fused-ring (bicyclic) bond motifs is 2. The van der Waals surface area contributed by atoms with E-state index >= 15 is 4.39 Å². The van der Waals surface area contributed by atoms with Crippen LogP contribution in [0.25, 0.3) is 22.4 Å². The Kier molecular flexibility index (Phi) is 6.34. The summed E-state index contributed by atoms with van der Waals surface area (Å²) < 4.78 is 27.3. The van der Waals surface area contributed by atoms with Gasteiger partial charge in [0, 0.05) is 34.9 Å². The standard InChI is InChI=1S/C33H30FNO4/c1-18-10-11-35-28(12-18)21-13-19(2)32(20(3)14-21)25-6-8-27(34)33-26(25)7-9-29(33)39-23-4-5-24-22(15-31(36)37)17-38-30(24)16-23/h4-6,8,10-14,16,22,29H,7,9,15,17H2,1-3H3,(H,36,37). The molecule has 3 aromatic carbocycles. The smallest absolute Gasteiger partial charge is 0.304 e. The van der Waals surface area contributed by atoms with Gasteiger partial charge in [0.25, 0.3) is 0 Å². The lowest BCUT2D eigenvalue weighted by Crippen LogP contribution is -2.07. The molecule has 198 valence electrons. The highest BCUT2D eigenvalue weighted by Crippen LogP contribution is 2.45. The van der Waals surface area contributed by atoms with Gasteiger partial charge in [-0.1, -0.05) is 12.1 Å². The van der Waals surface area contributed by atoms with Crippen LogP contribution in [0.3, 0.4) is 0 Å². The minimum absolute atomic E-state index is 0.0263.